The molecule has 4 fully saturated rings. The van der Waals surface area contributed by atoms with Crippen molar-refractivity contribution in [3.05, 3.63) is 11.6 Å². The highest BCUT2D eigenvalue weighted by Gasteiger charge is 2.59. The van der Waals surface area contributed by atoms with Gasteiger partial charge in [0.25, 0.3) is 0 Å². The van der Waals surface area contributed by atoms with Crippen molar-refractivity contribution in [2.24, 2.45) is 40.4 Å². The maximum absolute atomic E-state index is 10.2. The first-order chi connectivity index (χ1) is 13.9. The fourth-order valence-electron chi connectivity index (χ4n) is 8.94. The molecule has 0 bridgehead atoms. The fourth-order valence-corrected chi connectivity index (χ4v) is 9.91. The Morgan fingerprint density at radius 1 is 1.10 bits per heavy atom. The minimum atomic E-state index is -0.0790. The Kier molecular flexibility index (Phi) is 5.66. The lowest BCUT2D eigenvalue weighted by Crippen LogP contribution is -2.51. The second-order valence-electron chi connectivity index (χ2n) is 11.8. The van der Waals surface area contributed by atoms with E-state index < -0.39 is 0 Å². The normalized spacial score (nSPS) is 49.0. The fraction of sp³-hybridized carbons (Fsp3) is 0.923. The van der Waals surface area contributed by atoms with Crippen LogP contribution in [0.3, 0.4) is 0 Å². The summed E-state index contributed by atoms with van der Waals surface area (Å²) in [7, 11) is 0. The van der Waals surface area contributed by atoms with Gasteiger partial charge in [0.1, 0.15) is 0 Å². The molecular weight excluding hydrogens is 374 g/mol. The van der Waals surface area contributed by atoms with Crippen molar-refractivity contribution in [3.63, 3.8) is 0 Å². The quantitative estimate of drug-likeness (QED) is 0.604. The van der Waals surface area contributed by atoms with E-state index in [2.05, 4.69) is 43.5 Å². The lowest BCUT2D eigenvalue weighted by molar-refractivity contribution is -0.0583. The summed E-state index contributed by atoms with van der Waals surface area (Å²) in [6.45, 7) is 11.8. The molecule has 0 unspecified atom stereocenters. The molecule has 0 amide bonds. The molecule has 164 valence electrons. The molecule has 1 saturated heterocycles. The molecule has 5 aliphatic rings. The zero-order valence-electron chi connectivity index (χ0n) is 19.0. The molecule has 0 spiro atoms. The largest absolute Gasteiger partial charge is 0.393 e. The van der Waals surface area contributed by atoms with E-state index in [0.29, 0.717) is 10.8 Å². The molecule has 5 rings (SSSR count). The molecule has 0 aromatic carbocycles. The first-order valence-electron chi connectivity index (χ1n) is 12.6. The predicted molar refractivity (Wildman–Crippen MR) is 124 cm³/mol. The van der Waals surface area contributed by atoms with Crippen molar-refractivity contribution >= 4 is 11.8 Å². The zero-order valence-corrected chi connectivity index (χ0v) is 19.9. The predicted octanol–water partition coefficient (Wildman–Crippen LogP) is 5.61. The molecule has 1 heterocycles. The molecule has 8 atom stereocenters. The van der Waals surface area contributed by atoms with Crippen LogP contribution in [0.15, 0.2) is 11.6 Å². The monoisotopic (exact) mass is 417 g/mol. The number of nitrogens with zero attached hydrogens (tertiary/aromatic N) is 1. The first kappa shape index (κ1) is 20.9. The van der Waals surface area contributed by atoms with Gasteiger partial charge < -0.3 is 10.0 Å². The smallest absolute Gasteiger partial charge is 0.0577 e. The number of hydrogen-bond acceptors (Lipinski definition) is 3. The van der Waals surface area contributed by atoms with Crippen LogP contribution in [0.2, 0.25) is 0 Å². The van der Waals surface area contributed by atoms with Crippen LogP contribution in [0.4, 0.5) is 0 Å². The van der Waals surface area contributed by atoms with E-state index in [1.165, 1.54) is 69.7 Å². The van der Waals surface area contributed by atoms with E-state index >= 15 is 0 Å². The summed E-state index contributed by atoms with van der Waals surface area (Å²) in [6.07, 6.45) is 12.8. The molecule has 0 aromatic rings. The highest BCUT2D eigenvalue weighted by molar-refractivity contribution is 7.99. The van der Waals surface area contributed by atoms with Crippen molar-refractivity contribution < 1.29 is 5.11 Å². The molecule has 29 heavy (non-hydrogen) atoms. The Hall–Kier alpha value is 0.01000. The second-order valence-corrected chi connectivity index (χ2v) is 13.0. The molecule has 0 aromatic heterocycles. The number of fused-ring (bicyclic) bond motifs is 5. The van der Waals surface area contributed by atoms with Gasteiger partial charge in [0.2, 0.25) is 0 Å². The number of aliphatic hydroxyl groups is 1. The van der Waals surface area contributed by atoms with Gasteiger partial charge in [-0.15, -0.1) is 0 Å². The average Bonchev–Trinajstić information content (AvgIpc) is 3.06. The highest BCUT2D eigenvalue weighted by atomic mass is 32.2. The molecule has 2 nitrogen and oxygen atoms in total. The van der Waals surface area contributed by atoms with Crippen LogP contribution < -0.4 is 0 Å². The number of allylic oxidation sites excluding steroid dienone is 1. The Labute approximate surface area is 183 Å². The van der Waals surface area contributed by atoms with Crippen molar-refractivity contribution in [2.75, 3.05) is 31.1 Å². The topological polar surface area (TPSA) is 23.5 Å². The first-order valence-corrected chi connectivity index (χ1v) is 13.7. The third kappa shape index (κ3) is 3.46. The Bertz CT molecular complexity index is 643. The molecule has 1 N–H and O–H groups in total. The van der Waals surface area contributed by atoms with E-state index in [1.807, 2.05) is 0 Å². The third-order valence-electron chi connectivity index (χ3n) is 10.5. The molecule has 3 heteroatoms. The summed E-state index contributed by atoms with van der Waals surface area (Å²) in [4.78, 5) is 2.76. The maximum Gasteiger partial charge on any atom is 0.0577 e. The highest BCUT2D eigenvalue weighted by Crippen LogP contribution is 2.67. The Morgan fingerprint density at radius 2 is 1.90 bits per heavy atom. The van der Waals surface area contributed by atoms with Gasteiger partial charge in [-0.05, 0) is 91.8 Å². The number of rotatable bonds is 3. The maximum atomic E-state index is 10.2. The van der Waals surface area contributed by atoms with Gasteiger partial charge in [0.05, 0.1) is 6.10 Å². The van der Waals surface area contributed by atoms with Crippen LogP contribution in [-0.4, -0.2) is 47.3 Å². The van der Waals surface area contributed by atoms with Crippen molar-refractivity contribution in [1.29, 1.82) is 0 Å². The van der Waals surface area contributed by atoms with Crippen LogP contribution in [0.5, 0.6) is 0 Å². The van der Waals surface area contributed by atoms with E-state index in [-0.39, 0.29) is 6.10 Å². The van der Waals surface area contributed by atoms with Gasteiger partial charge in [-0.2, -0.15) is 11.8 Å². The lowest BCUT2D eigenvalue weighted by Gasteiger charge is -2.58. The van der Waals surface area contributed by atoms with Crippen molar-refractivity contribution in [2.45, 2.75) is 78.2 Å². The van der Waals surface area contributed by atoms with Crippen LogP contribution in [-0.2, 0) is 0 Å². The summed E-state index contributed by atoms with van der Waals surface area (Å²) < 4.78 is 0. The van der Waals surface area contributed by atoms with Crippen LogP contribution in [0.1, 0.15) is 72.1 Å². The molecule has 4 aliphatic carbocycles. The van der Waals surface area contributed by atoms with E-state index in [4.69, 9.17) is 0 Å². The third-order valence-corrected chi connectivity index (χ3v) is 11.4. The lowest BCUT2D eigenvalue weighted by atomic mass is 9.47. The van der Waals surface area contributed by atoms with E-state index in [1.54, 1.807) is 5.57 Å². The molecular formula is C26H43NOS. The van der Waals surface area contributed by atoms with Gasteiger partial charge in [-0.3, -0.25) is 0 Å². The Morgan fingerprint density at radius 3 is 2.69 bits per heavy atom. The van der Waals surface area contributed by atoms with E-state index in [9.17, 15) is 5.11 Å². The standard InChI is InChI=1S/C26H43NOS/c1-18(17-27-12-14-29-15-13-27)22-6-7-23-21-5-4-19-16-20(28)8-10-25(19,2)24(21)9-11-26(22,23)3/h4,18,20-24,28H,5-17H2,1-3H3/t18-,20+,21+,22-,23+,24+,25+,26-/m1/s1. The molecule has 3 saturated carbocycles. The molecule has 1 aliphatic heterocycles. The van der Waals surface area contributed by atoms with Gasteiger partial charge in [0.15, 0.2) is 0 Å². The number of hydrogen-bond donors (Lipinski definition) is 1. The van der Waals surface area contributed by atoms with Crippen molar-refractivity contribution in [3.8, 4) is 0 Å². The number of aliphatic hydroxyl groups excluding tert-OH is 1. The summed E-state index contributed by atoms with van der Waals surface area (Å²) >= 11 is 2.13. The Balaban J connectivity index is 1.33. The summed E-state index contributed by atoms with van der Waals surface area (Å²) in [5.41, 5.74) is 2.58. The minimum absolute atomic E-state index is 0.0790. The SMILES string of the molecule is C[C@H](CN1CCSCC1)[C@H]1CC[C@H]2[C@@H]3CC=C4C[C@@H](O)CC[C@]4(C)[C@H]3CC[C@]12C. The summed E-state index contributed by atoms with van der Waals surface area (Å²) in [5, 5.41) is 10.2. The summed E-state index contributed by atoms with van der Waals surface area (Å²) in [6, 6.07) is 0. The zero-order chi connectivity index (χ0) is 20.2. The number of thioether (sulfide) groups is 1. The average molecular weight is 418 g/mol. The van der Waals surface area contributed by atoms with Gasteiger partial charge in [-0.1, -0.05) is 32.4 Å². The molecule has 0 radical (unpaired) electrons. The van der Waals surface area contributed by atoms with Crippen LogP contribution in [0.25, 0.3) is 0 Å². The van der Waals surface area contributed by atoms with Gasteiger partial charge >= 0.3 is 0 Å². The van der Waals surface area contributed by atoms with Gasteiger partial charge in [0, 0.05) is 31.1 Å². The van der Waals surface area contributed by atoms with Gasteiger partial charge in [-0.25, -0.2) is 0 Å². The second kappa shape index (κ2) is 7.85. The van der Waals surface area contributed by atoms with E-state index in [0.717, 1.165) is 42.4 Å². The minimum Gasteiger partial charge on any atom is -0.393 e. The van der Waals surface area contributed by atoms with Crippen molar-refractivity contribution in [1.82, 2.24) is 4.90 Å². The van der Waals surface area contributed by atoms with Crippen LogP contribution in [0, 0.1) is 40.4 Å². The summed E-state index contributed by atoms with van der Waals surface area (Å²) in [5.74, 6) is 7.16. The van der Waals surface area contributed by atoms with Crippen LogP contribution >= 0.6 is 11.8 Å².